The van der Waals surface area contributed by atoms with Gasteiger partial charge in [-0.2, -0.15) is 0 Å². The molecular formula is C19H24O4S2. The third kappa shape index (κ3) is 6.66. The van der Waals surface area contributed by atoms with Gasteiger partial charge < -0.3 is 20.4 Å². The average Bonchev–Trinajstić information content (AvgIpc) is 2.68. The Kier molecular flexibility index (Phi) is 8.81. The number of aliphatic hydroxyl groups excluding tert-OH is 4. The van der Waals surface area contributed by atoms with E-state index in [1.165, 1.54) is 23.5 Å². The first-order valence-electron chi connectivity index (χ1n) is 8.08. The molecule has 4 N–H and O–H groups in total. The van der Waals surface area contributed by atoms with Crippen LogP contribution >= 0.6 is 23.5 Å². The zero-order valence-electron chi connectivity index (χ0n) is 13.8. The first-order valence-corrected chi connectivity index (χ1v) is 10.2. The molecule has 0 spiro atoms. The van der Waals surface area contributed by atoms with Gasteiger partial charge in [0.05, 0.1) is 11.2 Å². The van der Waals surface area contributed by atoms with E-state index >= 15 is 0 Å². The molecule has 2 aromatic carbocycles. The maximum Gasteiger partial charge on any atom is 0.110 e. The molecule has 4 nitrogen and oxygen atoms in total. The topological polar surface area (TPSA) is 80.9 Å². The molecule has 6 heteroatoms. The smallest absolute Gasteiger partial charge is 0.110 e. The monoisotopic (exact) mass is 380 g/mol. The van der Waals surface area contributed by atoms with Gasteiger partial charge in [-0.05, 0) is 11.1 Å². The van der Waals surface area contributed by atoms with Crippen LogP contribution in [0.3, 0.4) is 0 Å². The zero-order chi connectivity index (χ0) is 18.1. The highest BCUT2D eigenvalue weighted by Crippen LogP contribution is 2.33. The Morgan fingerprint density at radius 2 is 1.12 bits per heavy atom. The molecule has 0 saturated heterocycles. The average molecular weight is 381 g/mol. The van der Waals surface area contributed by atoms with Gasteiger partial charge in [0.15, 0.2) is 0 Å². The lowest BCUT2D eigenvalue weighted by atomic mass is 10.1. The molecule has 0 aliphatic heterocycles. The van der Waals surface area contributed by atoms with Gasteiger partial charge in [0, 0.05) is 11.5 Å². The Hall–Kier alpha value is -1.02. The fourth-order valence-corrected chi connectivity index (χ4v) is 4.85. The van der Waals surface area contributed by atoms with Crippen molar-refractivity contribution < 1.29 is 20.4 Å². The second-order valence-corrected chi connectivity index (χ2v) is 8.25. The number of hydrogen-bond acceptors (Lipinski definition) is 6. The van der Waals surface area contributed by atoms with E-state index in [-0.39, 0.29) is 4.58 Å². The van der Waals surface area contributed by atoms with Crippen LogP contribution < -0.4 is 0 Å². The van der Waals surface area contributed by atoms with Crippen LogP contribution in [0.25, 0.3) is 0 Å². The molecule has 0 saturated carbocycles. The van der Waals surface area contributed by atoms with Crippen molar-refractivity contribution in [2.75, 3.05) is 6.61 Å². The molecule has 0 radical (unpaired) electrons. The third-order valence-corrected chi connectivity index (χ3v) is 6.76. The molecule has 136 valence electrons. The lowest BCUT2D eigenvalue weighted by Gasteiger charge is -2.28. The number of thioether (sulfide) groups is 2. The Morgan fingerprint density at radius 1 is 0.680 bits per heavy atom. The number of hydrogen-bond donors (Lipinski definition) is 4. The second kappa shape index (κ2) is 10.9. The van der Waals surface area contributed by atoms with Gasteiger partial charge in [0.25, 0.3) is 0 Å². The van der Waals surface area contributed by atoms with E-state index in [2.05, 4.69) is 0 Å². The Labute approximate surface area is 156 Å². The normalized spacial score (nSPS) is 15.1. The van der Waals surface area contributed by atoms with Gasteiger partial charge in [0.2, 0.25) is 0 Å². The lowest BCUT2D eigenvalue weighted by Crippen LogP contribution is -2.43. The van der Waals surface area contributed by atoms with Crippen LogP contribution in [0.5, 0.6) is 0 Å². The first kappa shape index (κ1) is 20.3. The summed E-state index contributed by atoms with van der Waals surface area (Å²) >= 11 is 3.04. The fraction of sp³-hybridized carbons (Fsp3) is 0.368. The van der Waals surface area contributed by atoms with Crippen molar-refractivity contribution in [1.29, 1.82) is 0 Å². The third-order valence-electron chi connectivity index (χ3n) is 3.72. The fourth-order valence-electron chi connectivity index (χ4n) is 2.25. The van der Waals surface area contributed by atoms with E-state index in [0.29, 0.717) is 11.5 Å². The largest absolute Gasteiger partial charge is 0.394 e. The van der Waals surface area contributed by atoms with E-state index in [1.54, 1.807) is 0 Å². The summed E-state index contributed by atoms with van der Waals surface area (Å²) in [5.41, 5.74) is 2.25. The Bertz CT molecular complexity index is 553. The van der Waals surface area contributed by atoms with Gasteiger partial charge in [0.1, 0.15) is 18.3 Å². The van der Waals surface area contributed by atoms with Crippen molar-refractivity contribution in [3.63, 3.8) is 0 Å². The molecule has 3 atom stereocenters. The Morgan fingerprint density at radius 3 is 1.52 bits per heavy atom. The summed E-state index contributed by atoms with van der Waals surface area (Å²) in [6, 6.07) is 19.8. The van der Waals surface area contributed by atoms with E-state index in [9.17, 15) is 15.3 Å². The minimum absolute atomic E-state index is 0.336. The van der Waals surface area contributed by atoms with Gasteiger partial charge in [-0.1, -0.05) is 60.7 Å². The molecule has 0 aliphatic carbocycles. The zero-order valence-corrected chi connectivity index (χ0v) is 15.4. The molecule has 0 amide bonds. The minimum Gasteiger partial charge on any atom is -0.394 e. The lowest BCUT2D eigenvalue weighted by molar-refractivity contribution is -0.0706. The van der Waals surface area contributed by atoms with E-state index in [0.717, 1.165) is 11.1 Å². The quantitative estimate of drug-likeness (QED) is 0.474. The van der Waals surface area contributed by atoms with Crippen molar-refractivity contribution in [2.24, 2.45) is 0 Å². The molecule has 0 bridgehead atoms. The summed E-state index contributed by atoms with van der Waals surface area (Å²) in [6.07, 6.45) is -3.89. The van der Waals surface area contributed by atoms with Crippen molar-refractivity contribution in [3.8, 4) is 0 Å². The van der Waals surface area contributed by atoms with Gasteiger partial charge in [-0.15, -0.1) is 23.5 Å². The summed E-state index contributed by atoms with van der Waals surface area (Å²) in [7, 11) is 0. The molecule has 0 fully saturated rings. The number of benzene rings is 2. The van der Waals surface area contributed by atoms with Gasteiger partial charge >= 0.3 is 0 Å². The predicted molar refractivity (Wildman–Crippen MR) is 104 cm³/mol. The van der Waals surface area contributed by atoms with Crippen molar-refractivity contribution in [1.82, 2.24) is 0 Å². The summed E-state index contributed by atoms with van der Waals surface area (Å²) < 4.78 is -0.336. The highest BCUT2D eigenvalue weighted by molar-refractivity contribution is 8.16. The van der Waals surface area contributed by atoms with Gasteiger partial charge in [-0.3, -0.25) is 0 Å². The summed E-state index contributed by atoms with van der Waals surface area (Å²) in [4.78, 5) is 0. The second-order valence-electron chi connectivity index (χ2n) is 5.69. The van der Waals surface area contributed by atoms with Crippen LogP contribution in [-0.4, -0.2) is 49.9 Å². The minimum atomic E-state index is -1.39. The molecular weight excluding hydrogens is 356 g/mol. The standard InChI is InChI=1S/C19H24O4S2/c20-11-16(21)17(22)18(23)19(24-12-14-7-3-1-4-8-14)25-13-15-9-5-2-6-10-15/h1-10,16-23H,11-13H2/t16-,17+,18+/m1/s1. The van der Waals surface area contributed by atoms with Crippen LogP contribution in [-0.2, 0) is 11.5 Å². The van der Waals surface area contributed by atoms with Crippen LogP contribution in [0.2, 0.25) is 0 Å². The SMILES string of the molecule is OC[C@@H](O)[C@H](O)[C@H](O)C(SCc1ccccc1)SCc1ccccc1. The molecule has 0 aliphatic rings. The first-order chi connectivity index (χ1) is 12.1. The van der Waals surface area contributed by atoms with Crippen LogP contribution in [0.1, 0.15) is 11.1 Å². The van der Waals surface area contributed by atoms with Crippen molar-refractivity contribution in [2.45, 2.75) is 34.4 Å². The predicted octanol–water partition coefficient (Wildman–Crippen LogP) is 2.25. The van der Waals surface area contributed by atoms with Crippen molar-refractivity contribution in [3.05, 3.63) is 71.8 Å². The Balaban J connectivity index is 2.01. The molecule has 25 heavy (non-hydrogen) atoms. The van der Waals surface area contributed by atoms with Crippen LogP contribution in [0.15, 0.2) is 60.7 Å². The number of aliphatic hydroxyl groups is 4. The van der Waals surface area contributed by atoms with E-state index < -0.39 is 24.9 Å². The highest BCUT2D eigenvalue weighted by atomic mass is 32.2. The molecule has 0 aromatic heterocycles. The highest BCUT2D eigenvalue weighted by Gasteiger charge is 2.31. The summed E-state index contributed by atoms with van der Waals surface area (Å²) in [5.74, 6) is 1.37. The molecule has 2 aromatic rings. The molecule has 2 rings (SSSR count). The summed E-state index contributed by atoms with van der Waals surface area (Å²) in [6.45, 7) is -0.586. The van der Waals surface area contributed by atoms with Crippen LogP contribution in [0.4, 0.5) is 0 Å². The van der Waals surface area contributed by atoms with Gasteiger partial charge in [-0.25, -0.2) is 0 Å². The van der Waals surface area contributed by atoms with Crippen LogP contribution in [0, 0.1) is 0 Å². The molecule has 0 unspecified atom stereocenters. The van der Waals surface area contributed by atoms with E-state index in [1.807, 2.05) is 60.7 Å². The molecule has 0 heterocycles. The number of rotatable bonds is 10. The van der Waals surface area contributed by atoms with Crippen molar-refractivity contribution >= 4 is 23.5 Å². The summed E-state index contributed by atoms with van der Waals surface area (Å²) in [5, 5.41) is 39.2. The maximum atomic E-state index is 10.5. The van der Waals surface area contributed by atoms with E-state index in [4.69, 9.17) is 5.11 Å². The maximum absolute atomic E-state index is 10.5.